The average Bonchev–Trinajstić information content (AvgIpc) is 2.95. The highest BCUT2D eigenvalue weighted by Gasteiger charge is 2.14. The topological polar surface area (TPSA) is 71.3 Å². The van der Waals surface area contributed by atoms with E-state index in [1.165, 1.54) is 19.3 Å². The summed E-state index contributed by atoms with van der Waals surface area (Å²) in [6.07, 6.45) is 7.08. The highest BCUT2D eigenvalue weighted by Crippen LogP contribution is 2.11. The third-order valence-corrected chi connectivity index (χ3v) is 3.96. The summed E-state index contributed by atoms with van der Waals surface area (Å²) < 4.78 is 1.89. The van der Waals surface area contributed by atoms with Crippen molar-refractivity contribution >= 4 is 11.6 Å². The maximum Gasteiger partial charge on any atom is 0.220 e. The van der Waals surface area contributed by atoms with Crippen molar-refractivity contribution in [3.63, 3.8) is 0 Å². The fourth-order valence-electron chi connectivity index (χ4n) is 2.75. The zero-order valence-corrected chi connectivity index (χ0v) is 12.1. The van der Waals surface area contributed by atoms with Crippen LogP contribution in [0.15, 0.2) is 24.4 Å². The van der Waals surface area contributed by atoms with E-state index in [1.54, 1.807) is 0 Å². The molecule has 3 rings (SSSR count). The second kappa shape index (κ2) is 6.67. The minimum Gasteiger partial charge on any atom is -0.349 e. The lowest BCUT2D eigenvalue weighted by Crippen LogP contribution is -2.35. The molecule has 1 fully saturated rings. The molecule has 0 aliphatic carbocycles. The Balaban J connectivity index is 1.47. The Kier molecular flexibility index (Phi) is 4.45. The normalized spacial score (nSPS) is 18.8. The maximum absolute atomic E-state index is 11.9. The van der Waals surface area contributed by atoms with E-state index in [-0.39, 0.29) is 5.91 Å². The Bertz CT molecular complexity index is 603. The molecule has 1 unspecified atom stereocenters. The number of carbonyl (C=O) groups is 1. The van der Waals surface area contributed by atoms with Gasteiger partial charge in [-0.25, -0.2) is 0 Å². The molecule has 1 aliphatic heterocycles. The molecule has 2 aromatic heterocycles. The molecule has 6 nitrogen and oxygen atoms in total. The van der Waals surface area contributed by atoms with Gasteiger partial charge in [0.2, 0.25) is 5.91 Å². The number of aromatic nitrogens is 3. The number of nitrogens with one attached hydrogen (secondary N) is 2. The SMILES string of the molecule is O=C(CCC1CCCCN1)NCc1nnc2ccccn12. The quantitative estimate of drug-likeness (QED) is 0.868. The molecule has 0 bridgehead atoms. The first kappa shape index (κ1) is 14.0. The number of rotatable bonds is 5. The Morgan fingerprint density at radius 3 is 3.19 bits per heavy atom. The van der Waals surface area contributed by atoms with E-state index in [4.69, 9.17) is 0 Å². The lowest BCUT2D eigenvalue weighted by molar-refractivity contribution is -0.121. The first-order valence-electron chi connectivity index (χ1n) is 7.61. The number of nitrogens with zero attached hydrogens (tertiary/aromatic N) is 3. The summed E-state index contributed by atoms with van der Waals surface area (Å²) >= 11 is 0. The zero-order valence-electron chi connectivity index (χ0n) is 12.1. The fourth-order valence-corrected chi connectivity index (χ4v) is 2.75. The van der Waals surface area contributed by atoms with Crippen molar-refractivity contribution in [2.45, 2.75) is 44.7 Å². The number of pyridine rings is 1. The molecular weight excluding hydrogens is 266 g/mol. The largest absolute Gasteiger partial charge is 0.349 e. The van der Waals surface area contributed by atoms with E-state index in [9.17, 15) is 4.79 Å². The van der Waals surface area contributed by atoms with Gasteiger partial charge in [-0.05, 0) is 37.9 Å². The Morgan fingerprint density at radius 2 is 2.33 bits per heavy atom. The van der Waals surface area contributed by atoms with Crippen molar-refractivity contribution in [2.24, 2.45) is 0 Å². The molecule has 1 amide bonds. The Morgan fingerprint density at radius 1 is 1.38 bits per heavy atom. The van der Waals surface area contributed by atoms with E-state index < -0.39 is 0 Å². The summed E-state index contributed by atoms with van der Waals surface area (Å²) in [7, 11) is 0. The summed E-state index contributed by atoms with van der Waals surface area (Å²) in [5, 5.41) is 14.6. The summed E-state index contributed by atoms with van der Waals surface area (Å²) in [6.45, 7) is 1.50. The molecule has 3 heterocycles. The van der Waals surface area contributed by atoms with Crippen LogP contribution >= 0.6 is 0 Å². The van der Waals surface area contributed by atoms with Crippen LogP contribution in [-0.2, 0) is 11.3 Å². The summed E-state index contributed by atoms with van der Waals surface area (Å²) in [5.41, 5.74) is 0.799. The van der Waals surface area contributed by atoms with E-state index in [0.29, 0.717) is 19.0 Å². The fraction of sp³-hybridized carbons (Fsp3) is 0.533. The standard InChI is InChI=1S/C15H21N5O/c21-15(8-7-12-5-1-3-9-16-12)17-11-14-19-18-13-6-2-4-10-20(13)14/h2,4,6,10,12,16H,1,3,5,7-9,11H2,(H,17,21). The second-order valence-corrected chi connectivity index (χ2v) is 5.51. The minimum absolute atomic E-state index is 0.0788. The van der Waals surface area contributed by atoms with Crippen LogP contribution < -0.4 is 10.6 Å². The van der Waals surface area contributed by atoms with Gasteiger partial charge in [0.25, 0.3) is 0 Å². The molecule has 1 saturated heterocycles. The third-order valence-electron chi connectivity index (χ3n) is 3.96. The average molecular weight is 287 g/mol. The van der Waals surface area contributed by atoms with Crippen LogP contribution in [0.3, 0.4) is 0 Å². The van der Waals surface area contributed by atoms with E-state index in [2.05, 4.69) is 20.8 Å². The highest BCUT2D eigenvalue weighted by molar-refractivity contribution is 5.75. The second-order valence-electron chi connectivity index (χ2n) is 5.51. The van der Waals surface area contributed by atoms with E-state index in [0.717, 1.165) is 24.4 Å². The van der Waals surface area contributed by atoms with Crippen molar-refractivity contribution in [1.29, 1.82) is 0 Å². The van der Waals surface area contributed by atoms with Crippen LogP contribution in [0, 0.1) is 0 Å². The maximum atomic E-state index is 11.9. The van der Waals surface area contributed by atoms with Crippen molar-refractivity contribution in [1.82, 2.24) is 25.2 Å². The predicted octanol–water partition coefficient (Wildman–Crippen LogP) is 1.27. The van der Waals surface area contributed by atoms with E-state index in [1.807, 2.05) is 28.8 Å². The van der Waals surface area contributed by atoms with Crippen molar-refractivity contribution in [2.75, 3.05) is 6.54 Å². The Labute approximate surface area is 123 Å². The summed E-state index contributed by atoms with van der Waals surface area (Å²) in [6, 6.07) is 6.24. The third kappa shape index (κ3) is 3.58. The van der Waals surface area contributed by atoms with Crippen LogP contribution in [0.1, 0.15) is 37.9 Å². The van der Waals surface area contributed by atoms with Crippen molar-refractivity contribution in [3.05, 3.63) is 30.2 Å². The molecule has 6 heteroatoms. The summed E-state index contributed by atoms with van der Waals surface area (Å²) in [4.78, 5) is 11.9. The number of carbonyl (C=O) groups excluding carboxylic acids is 1. The van der Waals surface area contributed by atoms with Crippen molar-refractivity contribution in [3.8, 4) is 0 Å². The van der Waals surface area contributed by atoms with Gasteiger partial charge in [-0.15, -0.1) is 10.2 Å². The molecular formula is C15H21N5O. The van der Waals surface area contributed by atoms with Gasteiger partial charge in [0.1, 0.15) is 0 Å². The Hall–Kier alpha value is -1.95. The van der Waals surface area contributed by atoms with Gasteiger partial charge in [0, 0.05) is 18.7 Å². The molecule has 1 aliphatic rings. The molecule has 21 heavy (non-hydrogen) atoms. The van der Waals surface area contributed by atoms with Crippen LogP contribution in [0.25, 0.3) is 5.65 Å². The van der Waals surface area contributed by atoms with Gasteiger partial charge in [-0.1, -0.05) is 12.5 Å². The van der Waals surface area contributed by atoms with Gasteiger partial charge in [0.05, 0.1) is 6.54 Å². The van der Waals surface area contributed by atoms with Gasteiger partial charge in [-0.2, -0.15) is 0 Å². The number of hydrogen-bond acceptors (Lipinski definition) is 4. The van der Waals surface area contributed by atoms with Crippen LogP contribution in [0.5, 0.6) is 0 Å². The monoisotopic (exact) mass is 287 g/mol. The van der Waals surface area contributed by atoms with Gasteiger partial charge in [-0.3, -0.25) is 9.20 Å². The molecule has 0 saturated carbocycles. The lowest BCUT2D eigenvalue weighted by atomic mass is 10.0. The number of piperidine rings is 1. The molecule has 2 N–H and O–H groups in total. The van der Waals surface area contributed by atoms with Crippen LogP contribution in [0.4, 0.5) is 0 Å². The number of amides is 1. The molecule has 0 spiro atoms. The molecule has 2 aromatic rings. The first-order chi connectivity index (χ1) is 10.3. The summed E-state index contributed by atoms with van der Waals surface area (Å²) in [5.74, 6) is 0.838. The van der Waals surface area contributed by atoms with Crippen LogP contribution in [0.2, 0.25) is 0 Å². The number of fused-ring (bicyclic) bond motifs is 1. The van der Waals surface area contributed by atoms with Gasteiger partial charge in [0.15, 0.2) is 11.5 Å². The number of hydrogen-bond donors (Lipinski definition) is 2. The molecule has 1 atom stereocenters. The van der Waals surface area contributed by atoms with Gasteiger partial charge < -0.3 is 10.6 Å². The first-order valence-corrected chi connectivity index (χ1v) is 7.61. The van der Waals surface area contributed by atoms with Gasteiger partial charge >= 0.3 is 0 Å². The molecule has 0 aromatic carbocycles. The van der Waals surface area contributed by atoms with Crippen molar-refractivity contribution < 1.29 is 4.79 Å². The zero-order chi connectivity index (χ0) is 14.5. The lowest BCUT2D eigenvalue weighted by Gasteiger charge is -2.22. The highest BCUT2D eigenvalue weighted by atomic mass is 16.1. The van der Waals surface area contributed by atoms with E-state index >= 15 is 0 Å². The van der Waals surface area contributed by atoms with Crippen LogP contribution in [-0.4, -0.2) is 33.1 Å². The smallest absolute Gasteiger partial charge is 0.220 e. The predicted molar refractivity (Wildman–Crippen MR) is 79.7 cm³/mol. The minimum atomic E-state index is 0.0788. The molecule has 0 radical (unpaired) electrons. The molecule has 112 valence electrons.